The molecule has 0 spiro atoms. The van der Waals surface area contributed by atoms with E-state index in [9.17, 15) is 0 Å². The lowest BCUT2D eigenvalue weighted by Crippen LogP contribution is -2.44. The van der Waals surface area contributed by atoms with Gasteiger partial charge in [0, 0.05) is 105 Å². The van der Waals surface area contributed by atoms with Crippen LogP contribution in [0.1, 0.15) is 103 Å². The number of nitrogens with zero attached hydrogens (tertiary/aromatic N) is 4. The number of rotatable bonds is 18. The summed E-state index contributed by atoms with van der Waals surface area (Å²) in [7, 11) is 0. The van der Waals surface area contributed by atoms with Crippen LogP contribution in [0, 0.1) is 36.8 Å². The second-order valence-electron chi connectivity index (χ2n) is 21.5. The third-order valence-electron chi connectivity index (χ3n) is 14.1. The molecule has 0 unspecified atom stereocenters. The second-order valence-corrected chi connectivity index (χ2v) is 23.7. The van der Waals surface area contributed by atoms with Gasteiger partial charge in [-0.15, -0.1) is 35.5 Å². The maximum absolute atomic E-state index is 15.2. The summed E-state index contributed by atoms with van der Waals surface area (Å²) >= 11 is 3.40. The fourth-order valence-electron chi connectivity index (χ4n) is 9.42. The number of nitrogen functional groups attached to an aromatic ring is 1. The fraction of sp³-hybridized carbons (Fsp3) is 0.162. The van der Waals surface area contributed by atoms with E-state index in [-0.39, 0.29) is 16.9 Å². The molecule has 0 saturated carbocycles. The molecule has 7 heterocycles. The molecule has 13 heteroatoms. The Morgan fingerprint density at radius 2 is 1.25 bits per heavy atom. The van der Waals surface area contributed by atoms with Gasteiger partial charge in [0.05, 0.1) is 36.0 Å². The number of H-pyrrole nitrogens is 1. The number of thiophene rings is 2. The van der Waals surface area contributed by atoms with Gasteiger partial charge in [0.25, 0.3) is 0 Å². The van der Waals surface area contributed by atoms with Crippen molar-refractivity contribution in [3.8, 4) is 35.1 Å². The molecule has 0 radical (unpaired) electrons. The monoisotopic (exact) mass is 1190 g/mol. The van der Waals surface area contributed by atoms with Crippen molar-refractivity contribution >= 4 is 79.3 Å². The van der Waals surface area contributed by atoms with Gasteiger partial charge in [0.1, 0.15) is 22.7 Å². The lowest BCUT2D eigenvalue weighted by molar-refractivity contribution is 0.509. The Morgan fingerprint density at radius 1 is 0.701 bits per heavy atom. The molecule has 9 nitrogen and oxygen atoms in total. The summed E-state index contributed by atoms with van der Waals surface area (Å²) in [4.78, 5) is 26.1. The topological polar surface area (TPSA) is 128 Å². The van der Waals surface area contributed by atoms with E-state index in [1.165, 1.54) is 12.1 Å². The third kappa shape index (κ3) is 15.4. The molecule has 0 atom stereocenters. The molecule has 0 fully saturated rings. The van der Waals surface area contributed by atoms with Crippen LogP contribution in [0.5, 0.6) is 0 Å². The van der Waals surface area contributed by atoms with Crippen LogP contribution in [0.4, 0.5) is 25.8 Å². The van der Waals surface area contributed by atoms with Crippen LogP contribution in [0.15, 0.2) is 213 Å². The molecular formula is C74H75F2N9S2. The lowest BCUT2D eigenvalue weighted by Gasteiger charge is -2.24. The molecule has 0 bridgehead atoms. The molecular weight excluding hydrogens is 1120 g/mol. The van der Waals surface area contributed by atoms with Crippen molar-refractivity contribution in [2.45, 2.75) is 68.7 Å². The first-order chi connectivity index (χ1) is 41.7. The molecule has 5 aromatic heterocycles. The summed E-state index contributed by atoms with van der Waals surface area (Å²) < 4.78 is 30.3. The maximum Gasteiger partial charge on any atom is 0.152 e. The van der Waals surface area contributed by atoms with Crippen LogP contribution in [-0.4, -0.2) is 27.3 Å². The Labute approximate surface area is 519 Å². The van der Waals surface area contributed by atoms with Crippen molar-refractivity contribution in [1.29, 1.82) is 0 Å². The van der Waals surface area contributed by atoms with Gasteiger partial charge in [-0.1, -0.05) is 129 Å². The van der Waals surface area contributed by atoms with Gasteiger partial charge in [-0.05, 0) is 133 Å². The first-order valence-electron chi connectivity index (χ1n) is 28.3. The number of nitrogens with one attached hydrogen (secondary N) is 4. The average Bonchev–Trinajstić information content (AvgIpc) is 1.82. The molecule has 8 aromatic rings. The van der Waals surface area contributed by atoms with Gasteiger partial charge in [-0.2, -0.15) is 0 Å². The largest absolute Gasteiger partial charge is 0.396 e. The number of halogens is 2. The van der Waals surface area contributed by atoms with E-state index in [0.717, 1.165) is 120 Å². The Bertz CT molecular complexity index is 4240. The number of aliphatic imine (C=N–C) groups is 1. The smallest absolute Gasteiger partial charge is 0.152 e. The Kier molecular flexibility index (Phi) is 21.5. The Balaban J connectivity index is 0.000000235. The van der Waals surface area contributed by atoms with E-state index in [0.29, 0.717) is 41.0 Å². The summed E-state index contributed by atoms with van der Waals surface area (Å²) in [6.45, 7) is 43.1. The second kappa shape index (κ2) is 28.9. The summed E-state index contributed by atoms with van der Waals surface area (Å²) in [5.41, 5.74) is 24.1. The van der Waals surface area contributed by atoms with Gasteiger partial charge in [0.15, 0.2) is 5.84 Å². The number of anilines is 3. The van der Waals surface area contributed by atoms with Crippen molar-refractivity contribution in [3.05, 3.63) is 272 Å². The highest BCUT2D eigenvalue weighted by atomic mass is 32.1. The average molecular weight is 1190 g/mol. The predicted molar refractivity (Wildman–Crippen MR) is 370 cm³/mol. The number of allylic oxidation sites excluding steroid dienone is 8. The van der Waals surface area contributed by atoms with E-state index in [2.05, 4.69) is 139 Å². The van der Waals surface area contributed by atoms with Gasteiger partial charge in [0.2, 0.25) is 0 Å². The first kappa shape index (κ1) is 64.8. The molecule has 0 aliphatic carbocycles. The number of amidine groups is 1. The SMILES string of the molecule is C#C.C=C/C=C(/c1ccc(C(=C)C)s1)c1cc(Cc2cc(-c3cncc(NC(=C)c4ccccc4)c3)cc(F)c2N)[nH]c1C.C=C/C=C(\C1=C(C)NC(C2=c3cc(-c4cncc(NC(=C)C(C)(C)C)c4)cc(F)c3=N2)=NC1)c1ccc(C(=C)C)s1.CC. The molecule has 442 valence electrons. The molecule has 2 aliphatic heterocycles. The fourth-order valence-corrected chi connectivity index (χ4v) is 11.4. The Hall–Kier alpha value is -9.74. The number of hydrogen-bond donors (Lipinski definition) is 5. The Morgan fingerprint density at radius 3 is 1.82 bits per heavy atom. The van der Waals surface area contributed by atoms with Gasteiger partial charge in [-0.3, -0.25) is 15.0 Å². The summed E-state index contributed by atoms with van der Waals surface area (Å²) in [5, 5.41) is 11.1. The number of aryl methyl sites for hydroxylation is 1. The van der Waals surface area contributed by atoms with Gasteiger partial charge >= 0.3 is 0 Å². The van der Waals surface area contributed by atoms with Gasteiger partial charge in [-0.25, -0.2) is 13.8 Å². The van der Waals surface area contributed by atoms with Crippen molar-refractivity contribution < 1.29 is 8.78 Å². The zero-order chi connectivity index (χ0) is 63.3. The third-order valence-corrected chi connectivity index (χ3v) is 16.7. The van der Waals surface area contributed by atoms with E-state index in [4.69, 9.17) is 10.7 Å². The number of fused-ring (bicyclic) bond motifs is 1. The van der Waals surface area contributed by atoms with E-state index >= 15 is 8.78 Å². The van der Waals surface area contributed by atoms with Crippen molar-refractivity contribution in [2.75, 3.05) is 22.9 Å². The van der Waals surface area contributed by atoms with Gasteiger partial charge < -0.3 is 26.7 Å². The number of pyridine rings is 2. The number of aromatic nitrogens is 3. The van der Waals surface area contributed by atoms with Crippen LogP contribution < -0.4 is 32.3 Å². The molecule has 10 rings (SSSR count). The molecule has 3 aromatic carbocycles. The lowest BCUT2D eigenvalue weighted by atomic mass is 9.93. The summed E-state index contributed by atoms with van der Waals surface area (Å²) in [6, 6.07) is 31.1. The molecule has 2 aliphatic rings. The van der Waals surface area contributed by atoms with Crippen LogP contribution in [-0.2, 0) is 6.42 Å². The van der Waals surface area contributed by atoms with E-state index in [1.54, 1.807) is 59.6 Å². The molecule has 0 saturated heterocycles. The number of benzene rings is 3. The van der Waals surface area contributed by atoms with Crippen LogP contribution in [0.2, 0.25) is 0 Å². The minimum atomic E-state index is -0.462. The zero-order valence-corrected chi connectivity index (χ0v) is 52.7. The highest BCUT2D eigenvalue weighted by molar-refractivity contribution is 7.14. The minimum absolute atomic E-state index is 0.108. The summed E-state index contributed by atoms with van der Waals surface area (Å²) in [5.74, 6) is -0.196. The van der Waals surface area contributed by atoms with Crippen LogP contribution >= 0.6 is 22.7 Å². The number of aromatic amines is 1. The van der Waals surface area contributed by atoms with E-state index < -0.39 is 5.82 Å². The number of nitrogens with two attached hydrogens (primary N) is 1. The van der Waals surface area contributed by atoms with Crippen LogP contribution in [0.3, 0.4) is 0 Å². The normalized spacial score (nSPS) is 12.6. The molecule has 0 amide bonds. The number of hydrogen-bond acceptors (Lipinski definition) is 10. The maximum atomic E-state index is 15.2. The van der Waals surface area contributed by atoms with Crippen molar-refractivity contribution in [1.82, 2.24) is 20.3 Å². The van der Waals surface area contributed by atoms with Crippen molar-refractivity contribution in [3.63, 3.8) is 0 Å². The standard InChI is InChI=1S/C36H33FN4S.C34H34FN5S.C2H6.C2H2/c1-6-10-31(35-14-13-34(42-35)22(2)3)32-19-29(41-24(32)5)16-27-15-26(18-33(37)36(27)38)28-17-30(21-39-20-28)40-23(4)25-11-8-7-9-12-25;1-9-10-25(30-12-11-29(41-30)19(2)3)27-18-37-33(38-20(27)4)32-26-14-22(15-28(35)31(26)40-32)23-13-24(17-36-16-23)39-21(5)34(6,7)8;2*1-2/h6-15,17-21,40-41H,1-2,4,16,38H2,3,5H3;9-17,39H,1-2,5,18H2,3-4,6-8H3,(H,37,38);1-2H3;1-2H/b31-10+;25-10+;;. The van der Waals surface area contributed by atoms with E-state index in [1.807, 2.05) is 108 Å². The van der Waals surface area contributed by atoms with Crippen LogP contribution in [0.25, 0.3) is 55.9 Å². The highest BCUT2D eigenvalue weighted by Gasteiger charge is 2.25. The molecule has 87 heavy (non-hydrogen) atoms. The summed E-state index contributed by atoms with van der Waals surface area (Å²) in [6.07, 6.45) is 23.0. The number of terminal acetylenes is 1. The highest BCUT2D eigenvalue weighted by Crippen LogP contribution is 2.38. The zero-order valence-electron chi connectivity index (χ0n) is 51.1. The molecule has 6 N–H and O–H groups in total. The minimum Gasteiger partial charge on any atom is -0.396 e. The quantitative estimate of drug-likeness (QED) is 0.0331. The predicted octanol–water partition coefficient (Wildman–Crippen LogP) is 18.0. The first-order valence-corrected chi connectivity index (χ1v) is 29.9. The van der Waals surface area contributed by atoms with Crippen molar-refractivity contribution in [2.24, 2.45) is 15.4 Å².